The minimum absolute atomic E-state index is 0.168. The number of hydrogen-bond donors (Lipinski definition) is 1. The molecule has 0 heterocycles. The third kappa shape index (κ3) is 3.60. The summed E-state index contributed by atoms with van der Waals surface area (Å²) in [5.41, 5.74) is 4.20. The first-order chi connectivity index (χ1) is 6.64. The Morgan fingerprint density at radius 1 is 1.29 bits per heavy atom. The van der Waals surface area contributed by atoms with E-state index in [0.29, 0.717) is 0 Å². The zero-order valence-corrected chi connectivity index (χ0v) is 9.12. The summed E-state index contributed by atoms with van der Waals surface area (Å²) in [4.78, 5) is 0. The molecule has 0 saturated heterocycles. The van der Waals surface area contributed by atoms with Gasteiger partial charge in [-0.1, -0.05) is 39.0 Å². The zero-order valence-electron chi connectivity index (χ0n) is 9.12. The smallest absolute Gasteiger partial charge is 0.0561 e. The maximum absolute atomic E-state index is 4.21. The second kappa shape index (κ2) is 4.80. The third-order valence-corrected chi connectivity index (χ3v) is 2.29. The van der Waals surface area contributed by atoms with E-state index in [1.54, 1.807) is 0 Å². The molecule has 76 valence electrons. The van der Waals surface area contributed by atoms with Crippen LogP contribution in [-0.2, 0) is 0 Å². The van der Waals surface area contributed by atoms with Crippen molar-refractivity contribution in [2.75, 3.05) is 5.43 Å². The Labute approximate surface area is 86.0 Å². The lowest BCUT2D eigenvalue weighted by Gasteiger charge is -2.15. The molecule has 0 saturated carbocycles. The number of rotatable bonds is 4. The predicted octanol–water partition coefficient (Wildman–Crippen LogP) is 3.52. The lowest BCUT2D eigenvalue weighted by atomic mass is 9.92. The maximum Gasteiger partial charge on any atom is 0.0561 e. The molecule has 0 radical (unpaired) electrons. The Morgan fingerprint density at radius 2 is 1.93 bits per heavy atom. The van der Waals surface area contributed by atoms with Crippen molar-refractivity contribution in [1.29, 1.82) is 0 Å². The van der Waals surface area contributed by atoms with Gasteiger partial charge >= 0.3 is 0 Å². The highest BCUT2D eigenvalue weighted by molar-refractivity contribution is 5.65. The van der Waals surface area contributed by atoms with E-state index in [9.17, 15) is 0 Å². The third-order valence-electron chi connectivity index (χ3n) is 2.29. The second-order valence-electron chi connectivity index (χ2n) is 4.08. The molecular formula is C12H18N2. The van der Waals surface area contributed by atoms with E-state index in [0.717, 1.165) is 12.1 Å². The maximum atomic E-state index is 4.21. The number of hydrazone groups is 1. The molecular weight excluding hydrogens is 172 g/mol. The van der Waals surface area contributed by atoms with E-state index in [1.165, 1.54) is 0 Å². The lowest BCUT2D eigenvalue weighted by Crippen LogP contribution is -2.11. The molecule has 0 unspecified atom stereocenters. The second-order valence-corrected chi connectivity index (χ2v) is 4.08. The molecule has 0 fully saturated rings. The summed E-state index contributed by atoms with van der Waals surface area (Å²) in [5, 5.41) is 4.21. The van der Waals surface area contributed by atoms with Crippen molar-refractivity contribution in [3.05, 3.63) is 30.3 Å². The van der Waals surface area contributed by atoms with E-state index in [1.807, 2.05) is 36.5 Å². The van der Waals surface area contributed by atoms with Crippen LogP contribution in [0, 0.1) is 5.41 Å². The molecule has 0 aliphatic carbocycles. The van der Waals surface area contributed by atoms with Crippen LogP contribution in [0.1, 0.15) is 27.2 Å². The fourth-order valence-corrected chi connectivity index (χ4v) is 0.886. The van der Waals surface area contributed by atoms with Crippen LogP contribution in [0.15, 0.2) is 35.4 Å². The quantitative estimate of drug-likeness (QED) is 0.570. The Morgan fingerprint density at radius 3 is 2.50 bits per heavy atom. The summed E-state index contributed by atoms with van der Waals surface area (Å²) in [6.45, 7) is 6.50. The van der Waals surface area contributed by atoms with Crippen LogP contribution >= 0.6 is 0 Å². The molecule has 0 aliphatic heterocycles. The fourth-order valence-electron chi connectivity index (χ4n) is 0.886. The van der Waals surface area contributed by atoms with Gasteiger partial charge in [0, 0.05) is 11.6 Å². The van der Waals surface area contributed by atoms with Gasteiger partial charge in [-0.25, -0.2) is 0 Å². The molecule has 0 atom stereocenters. The largest absolute Gasteiger partial charge is 0.279 e. The van der Waals surface area contributed by atoms with Crippen LogP contribution in [-0.4, -0.2) is 6.21 Å². The Kier molecular flexibility index (Phi) is 3.69. The molecule has 0 bridgehead atoms. The number of hydrogen-bond acceptors (Lipinski definition) is 2. The topological polar surface area (TPSA) is 24.4 Å². The normalized spacial score (nSPS) is 11.9. The van der Waals surface area contributed by atoms with Gasteiger partial charge in [0.05, 0.1) is 5.69 Å². The number of para-hydroxylation sites is 1. The van der Waals surface area contributed by atoms with Crippen LogP contribution in [0.4, 0.5) is 5.69 Å². The summed E-state index contributed by atoms with van der Waals surface area (Å²) in [7, 11) is 0. The van der Waals surface area contributed by atoms with Crippen molar-refractivity contribution in [2.24, 2.45) is 10.5 Å². The lowest BCUT2D eigenvalue weighted by molar-refractivity contribution is 0.515. The first-order valence-electron chi connectivity index (χ1n) is 4.99. The van der Waals surface area contributed by atoms with E-state index in [4.69, 9.17) is 0 Å². The summed E-state index contributed by atoms with van der Waals surface area (Å²) in [6.07, 6.45) is 3.05. The summed E-state index contributed by atoms with van der Waals surface area (Å²) in [6, 6.07) is 9.96. The van der Waals surface area contributed by atoms with Gasteiger partial charge in [-0.2, -0.15) is 5.10 Å². The summed E-state index contributed by atoms with van der Waals surface area (Å²) >= 11 is 0. The first-order valence-corrected chi connectivity index (χ1v) is 4.99. The summed E-state index contributed by atoms with van der Waals surface area (Å²) < 4.78 is 0. The van der Waals surface area contributed by atoms with Crippen LogP contribution in [0.2, 0.25) is 0 Å². The SMILES string of the molecule is CCC(C)(C)/C=N/Nc1ccccc1. The molecule has 2 heteroatoms. The van der Waals surface area contributed by atoms with Crippen molar-refractivity contribution < 1.29 is 0 Å². The van der Waals surface area contributed by atoms with E-state index < -0.39 is 0 Å². The number of anilines is 1. The Hall–Kier alpha value is -1.31. The van der Waals surface area contributed by atoms with E-state index >= 15 is 0 Å². The highest BCUT2D eigenvalue weighted by Crippen LogP contribution is 2.16. The molecule has 1 N–H and O–H groups in total. The van der Waals surface area contributed by atoms with Crippen molar-refractivity contribution in [2.45, 2.75) is 27.2 Å². The molecule has 0 aromatic heterocycles. The predicted molar refractivity (Wildman–Crippen MR) is 62.6 cm³/mol. The van der Waals surface area contributed by atoms with Gasteiger partial charge in [0.25, 0.3) is 0 Å². The van der Waals surface area contributed by atoms with E-state index in [-0.39, 0.29) is 5.41 Å². The van der Waals surface area contributed by atoms with Gasteiger partial charge in [0.2, 0.25) is 0 Å². The monoisotopic (exact) mass is 190 g/mol. The molecule has 2 nitrogen and oxygen atoms in total. The minimum Gasteiger partial charge on any atom is -0.279 e. The van der Waals surface area contributed by atoms with Gasteiger partial charge < -0.3 is 0 Å². The molecule has 0 aliphatic rings. The standard InChI is InChI=1S/C12H18N2/c1-4-12(2,3)10-13-14-11-8-6-5-7-9-11/h5-10,14H,4H2,1-3H3/b13-10+. The molecule has 0 amide bonds. The highest BCUT2D eigenvalue weighted by Gasteiger charge is 2.10. The molecule has 14 heavy (non-hydrogen) atoms. The summed E-state index contributed by atoms with van der Waals surface area (Å²) in [5.74, 6) is 0. The Balaban J connectivity index is 2.49. The van der Waals surface area contributed by atoms with Crippen LogP contribution in [0.5, 0.6) is 0 Å². The van der Waals surface area contributed by atoms with Gasteiger partial charge in [-0.05, 0) is 18.6 Å². The minimum atomic E-state index is 0.168. The van der Waals surface area contributed by atoms with Crippen LogP contribution in [0.3, 0.4) is 0 Å². The Bertz CT molecular complexity index is 288. The number of nitrogens with one attached hydrogen (secondary N) is 1. The van der Waals surface area contributed by atoms with Gasteiger partial charge in [0.1, 0.15) is 0 Å². The van der Waals surface area contributed by atoms with E-state index in [2.05, 4.69) is 31.3 Å². The number of nitrogens with zero attached hydrogens (tertiary/aromatic N) is 1. The number of benzene rings is 1. The molecule has 1 aromatic carbocycles. The van der Waals surface area contributed by atoms with Crippen molar-refractivity contribution in [1.82, 2.24) is 0 Å². The average Bonchev–Trinajstić information content (AvgIpc) is 2.19. The fraction of sp³-hybridized carbons (Fsp3) is 0.417. The van der Waals surface area contributed by atoms with Crippen LogP contribution in [0.25, 0.3) is 0 Å². The first kappa shape index (κ1) is 10.8. The highest BCUT2D eigenvalue weighted by atomic mass is 15.3. The molecule has 1 aromatic rings. The van der Waals surface area contributed by atoms with Gasteiger partial charge in [-0.3, -0.25) is 5.43 Å². The zero-order chi connectivity index (χ0) is 10.4. The molecule has 0 spiro atoms. The van der Waals surface area contributed by atoms with Gasteiger partial charge in [0.15, 0.2) is 0 Å². The van der Waals surface area contributed by atoms with Gasteiger partial charge in [-0.15, -0.1) is 0 Å². The van der Waals surface area contributed by atoms with Crippen LogP contribution < -0.4 is 5.43 Å². The van der Waals surface area contributed by atoms with Crippen molar-refractivity contribution in [3.8, 4) is 0 Å². The average molecular weight is 190 g/mol. The molecule has 1 rings (SSSR count). The van der Waals surface area contributed by atoms with Crippen molar-refractivity contribution >= 4 is 11.9 Å². The van der Waals surface area contributed by atoms with Crippen molar-refractivity contribution in [3.63, 3.8) is 0 Å².